The molecule has 0 saturated heterocycles. The Morgan fingerprint density at radius 2 is 1.13 bits per heavy atom. The number of nitrogens with one attached hydrogen (secondary N) is 1. The molecule has 0 aliphatic rings. The first kappa shape index (κ1) is 23.6. The van der Waals surface area contributed by atoms with Gasteiger partial charge in [0.2, 0.25) is 0 Å². The quantitative estimate of drug-likeness (QED) is 0.428. The van der Waals surface area contributed by atoms with Gasteiger partial charge in [0.05, 0.1) is 0 Å². The molecule has 0 amide bonds. The molecule has 4 nitrogen and oxygen atoms in total. The van der Waals surface area contributed by atoms with Crippen LogP contribution < -0.4 is 9.50 Å². The second-order valence-electron chi connectivity index (χ2n) is 5.72. The first-order chi connectivity index (χ1) is 13.5. The summed E-state index contributed by atoms with van der Waals surface area (Å²) in [4.78, 5) is 0. The first-order valence-corrected chi connectivity index (χ1v) is 9.00. The van der Waals surface area contributed by atoms with Crippen LogP contribution in [0.15, 0.2) is 54.6 Å². The summed E-state index contributed by atoms with van der Waals surface area (Å²) in [5, 5.41) is -4.13. The van der Waals surface area contributed by atoms with Gasteiger partial charge in [0.25, 0.3) is 0 Å². The number of halogens is 9. The van der Waals surface area contributed by atoms with Crippen molar-refractivity contribution in [1.29, 1.82) is 0 Å². The summed E-state index contributed by atoms with van der Waals surface area (Å²) < 4.78 is 142. The van der Waals surface area contributed by atoms with Crippen molar-refractivity contribution in [3.05, 3.63) is 54.6 Å². The summed E-state index contributed by atoms with van der Waals surface area (Å²) in [6, 6.07) is 11.8. The number of para-hydroxylation sites is 1. The van der Waals surface area contributed by atoms with Gasteiger partial charge in [-0.3, -0.25) is 0 Å². The molecule has 14 heteroatoms. The number of hydrogen-bond donors (Lipinski definition) is 1. The van der Waals surface area contributed by atoms with Gasteiger partial charge in [-0.15, -0.1) is 0 Å². The Labute approximate surface area is 163 Å². The fourth-order valence-corrected chi connectivity index (χ4v) is 2.89. The summed E-state index contributed by atoms with van der Waals surface area (Å²) in [6.07, 6.45) is -7.15. The number of anilines is 2. The summed E-state index contributed by atoms with van der Waals surface area (Å²) in [6.45, 7) is 0. The van der Waals surface area contributed by atoms with Gasteiger partial charge in [-0.1, -0.05) is 18.2 Å². The lowest BCUT2D eigenvalue weighted by molar-refractivity contribution is -0.382. The molecule has 0 spiro atoms. The SMILES string of the molecule is O=S(=O)(Oc1ccc(Nc2ccccc2)cc1)C(F)(F)C(F)(F)C(F)(F)C(F)(F)F. The molecule has 0 atom stereocenters. The fraction of sp³-hybridized carbons (Fsp3) is 0.250. The topological polar surface area (TPSA) is 55.4 Å². The molecule has 0 bridgehead atoms. The van der Waals surface area contributed by atoms with E-state index in [9.17, 15) is 47.9 Å². The number of benzene rings is 2. The molecular weight excluding hydrogens is 457 g/mol. The van der Waals surface area contributed by atoms with E-state index in [0.29, 0.717) is 17.8 Å². The van der Waals surface area contributed by atoms with E-state index in [0.717, 1.165) is 12.1 Å². The number of hydrogen-bond acceptors (Lipinski definition) is 4. The van der Waals surface area contributed by atoms with Crippen LogP contribution in [0.5, 0.6) is 5.75 Å². The molecule has 2 rings (SSSR count). The minimum absolute atomic E-state index is 0.256. The predicted molar refractivity (Wildman–Crippen MR) is 86.6 cm³/mol. The first-order valence-electron chi connectivity index (χ1n) is 7.59. The Bertz CT molecular complexity index is 975. The van der Waals surface area contributed by atoms with Crippen molar-refractivity contribution in [3.63, 3.8) is 0 Å². The lowest BCUT2D eigenvalue weighted by atomic mass is 10.1. The van der Waals surface area contributed by atoms with E-state index >= 15 is 0 Å². The lowest BCUT2D eigenvalue weighted by Crippen LogP contribution is -2.63. The minimum Gasteiger partial charge on any atom is -0.378 e. The van der Waals surface area contributed by atoms with Crippen LogP contribution >= 0.6 is 0 Å². The molecule has 0 heterocycles. The average molecular weight is 467 g/mol. The molecule has 0 aromatic heterocycles. The predicted octanol–water partition coefficient (Wildman–Crippen LogP) is 5.56. The van der Waals surface area contributed by atoms with E-state index in [1.54, 1.807) is 30.3 Å². The number of rotatable bonds is 7. The Hall–Kier alpha value is -2.64. The van der Waals surface area contributed by atoms with Gasteiger partial charge in [0.1, 0.15) is 5.75 Å². The van der Waals surface area contributed by atoms with E-state index in [1.807, 2.05) is 0 Å². The highest BCUT2D eigenvalue weighted by Gasteiger charge is 2.86. The maximum Gasteiger partial charge on any atom is 0.460 e. The van der Waals surface area contributed by atoms with Crippen molar-refractivity contribution < 1.29 is 52.1 Å². The van der Waals surface area contributed by atoms with Crippen molar-refractivity contribution >= 4 is 21.5 Å². The second kappa shape index (κ2) is 7.56. The second-order valence-corrected chi connectivity index (χ2v) is 7.30. The van der Waals surface area contributed by atoms with Gasteiger partial charge in [-0.2, -0.15) is 47.9 Å². The molecule has 1 N–H and O–H groups in total. The van der Waals surface area contributed by atoms with Crippen LogP contribution in [0.4, 0.5) is 50.9 Å². The Morgan fingerprint density at radius 3 is 1.60 bits per heavy atom. The zero-order valence-electron chi connectivity index (χ0n) is 14.2. The van der Waals surface area contributed by atoms with Crippen LogP contribution in [0.1, 0.15) is 0 Å². The third-order valence-corrected chi connectivity index (χ3v) is 4.85. The highest BCUT2D eigenvalue weighted by molar-refractivity contribution is 7.88. The van der Waals surface area contributed by atoms with Gasteiger partial charge < -0.3 is 9.50 Å². The van der Waals surface area contributed by atoms with Crippen LogP contribution in [-0.2, 0) is 10.1 Å². The van der Waals surface area contributed by atoms with E-state index in [4.69, 9.17) is 0 Å². The van der Waals surface area contributed by atoms with Crippen LogP contribution in [0.2, 0.25) is 0 Å². The van der Waals surface area contributed by atoms with E-state index in [1.165, 1.54) is 0 Å². The zero-order valence-corrected chi connectivity index (χ0v) is 15.0. The molecule has 2 aromatic carbocycles. The Balaban J connectivity index is 2.26. The minimum atomic E-state index is -7.36. The van der Waals surface area contributed by atoms with Crippen LogP contribution in [0.3, 0.4) is 0 Å². The van der Waals surface area contributed by atoms with E-state index < -0.39 is 39.1 Å². The van der Waals surface area contributed by atoms with Crippen LogP contribution in [0.25, 0.3) is 0 Å². The molecule has 0 aliphatic heterocycles. The molecule has 30 heavy (non-hydrogen) atoms. The summed E-state index contributed by atoms with van der Waals surface area (Å²) >= 11 is 0. The molecule has 0 radical (unpaired) electrons. The van der Waals surface area contributed by atoms with Crippen molar-refractivity contribution in [2.24, 2.45) is 0 Å². The van der Waals surface area contributed by atoms with E-state index in [2.05, 4.69) is 9.50 Å². The monoisotopic (exact) mass is 467 g/mol. The fourth-order valence-electron chi connectivity index (χ4n) is 1.98. The number of alkyl halides is 9. The molecule has 0 fully saturated rings. The highest BCUT2D eigenvalue weighted by Crippen LogP contribution is 2.54. The Kier molecular flexibility index (Phi) is 5.96. The molecular formula is C16H10F9NO3S. The largest absolute Gasteiger partial charge is 0.460 e. The normalized spacial score (nSPS) is 13.8. The third-order valence-electron chi connectivity index (χ3n) is 3.55. The maximum atomic E-state index is 13.6. The smallest absolute Gasteiger partial charge is 0.378 e. The summed E-state index contributed by atoms with van der Waals surface area (Å²) in [5.41, 5.74) is 0.811. The standard InChI is InChI=1S/C16H10F9NO3S/c17-13(18,15(21,22)23)14(19,20)16(24,25)30(27,28)29-12-8-6-11(7-9-12)26-10-4-2-1-3-5-10/h1-9,26H. The molecule has 0 unspecified atom stereocenters. The highest BCUT2D eigenvalue weighted by atomic mass is 32.2. The summed E-state index contributed by atoms with van der Waals surface area (Å²) in [5.74, 6) is -15.7. The van der Waals surface area contributed by atoms with Crippen LogP contribution in [-0.4, -0.2) is 31.7 Å². The van der Waals surface area contributed by atoms with Gasteiger partial charge in [0.15, 0.2) is 0 Å². The zero-order chi connectivity index (χ0) is 23.0. The van der Waals surface area contributed by atoms with Gasteiger partial charge in [-0.05, 0) is 36.4 Å². The molecule has 0 aliphatic carbocycles. The van der Waals surface area contributed by atoms with Crippen LogP contribution in [0, 0.1) is 0 Å². The molecule has 2 aromatic rings. The molecule has 166 valence electrons. The van der Waals surface area contributed by atoms with E-state index in [-0.39, 0.29) is 5.69 Å². The Morgan fingerprint density at radius 1 is 0.667 bits per heavy atom. The third kappa shape index (κ3) is 4.13. The maximum absolute atomic E-state index is 13.6. The average Bonchev–Trinajstić information content (AvgIpc) is 2.62. The van der Waals surface area contributed by atoms with Gasteiger partial charge in [-0.25, -0.2) is 0 Å². The van der Waals surface area contributed by atoms with Gasteiger partial charge >= 0.3 is 33.4 Å². The lowest BCUT2D eigenvalue weighted by Gasteiger charge is -2.32. The van der Waals surface area contributed by atoms with Gasteiger partial charge in [0, 0.05) is 11.4 Å². The molecule has 0 saturated carbocycles. The van der Waals surface area contributed by atoms with Crippen molar-refractivity contribution in [3.8, 4) is 5.75 Å². The van der Waals surface area contributed by atoms with Crippen molar-refractivity contribution in [1.82, 2.24) is 0 Å². The van der Waals surface area contributed by atoms with Crippen molar-refractivity contribution in [2.45, 2.75) is 23.3 Å². The summed E-state index contributed by atoms with van der Waals surface area (Å²) in [7, 11) is -6.97. The van der Waals surface area contributed by atoms with Crippen molar-refractivity contribution in [2.75, 3.05) is 5.32 Å².